The van der Waals surface area contributed by atoms with Gasteiger partial charge in [0.15, 0.2) is 6.10 Å². The molecule has 2 amide bonds. The summed E-state index contributed by atoms with van der Waals surface area (Å²) in [6.07, 6.45) is -0.874. The number of ether oxygens (including phenoxy) is 1. The van der Waals surface area contributed by atoms with Crippen LogP contribution in [0.15, 0.2) is 78.9 Å². The Hall–Kier alpha value is -3.64. The number of amides is 2. The first-order chi connectivity index (χ1) is 15.1. The Morgan fingerprint density at radius 1 is 0.806 bits per heavy atom. The molecule has 0 radical (unpaired) electrons. The van der Waals surface area contributed by atoms with Crippen LogP contribution in [0.2, 0.25) is 0 Å². The van der Waals surface area contributed by atoms with Gasteiger partial charge in [-0.1, -0.05) is 48.0 Å². The van der Waals surface area contributed by atoms with Gasteiger partial charge in [0, 0.05) is 0 Å². The smallest absolute Gasteiger partial charge is 0.266 e. The SMILES string of the molecule is COc1ccc(N2C(=O)C3ON(c4ccccc4)C(c4ccc(C)cc4)C3C2=O)cc1. The number of anilines is 2. The monoisotopic (exact) mass is 414 g/mol. The molecule has 2 aliphatic heterocycles. The van der Waals surface area contributed by atoms with Gasteiger partial charge < -0.3 is 4.74 Å². The maximum atomic E-state index is 13.5. The van der Waals surface area contributed by atoms with E-state index in [9.17, 15) is 9.59 Å². The van der Waals surface area contributed by atoms with E-state index in [0.717, 1.165) is 16.8 Å². The number of hydrogen-bond donors (Lipinski definition) is 0. The fourth-order valence-corrected chi connectivity index (χ4v) is 4.30. The van der Waals surface area contributed by atoms with Gasteiger partial charge >= 0.3 is 0 Å². The van der Waals surface area contributed by atoms with Gasteiger partial charge in [-0.15, -0.1) is 0 Å². The number of fused-ring (bicyclic) bond motifs is 1. The predicted molar refractivity (Wildman–Crippen MR) is 117 cm³/mol. The third-order valence-corrected chi connectivity index (χ3v) is 5.88. The van der Waals surface area contributed by atoms with Gasteiger partial charge in [0.05, 0.1) is 24.5 Å². The van der Waals surface area contributed by atoms with Crippen molar-refractivity contribution in [1.29, 1.82) is 0 Å². The lowest BCUT2D eigenvalue weighted by Gasteiger charge is -2.28. The van der Waals surface area contributed by atoms with E-state index in [2.05, 4.69) is 0 Å². The summed E-state index contributed by atoms with van der Waals surface area (Å²) in [6, 6.07) is 24.1. The fourth-order valence-electron chi connectivity index (χ4n) is 4.30. The zero-order valence-corrected chi connectivity index (χ0v) is 17.3. The molecule has 2 fully saturated rings. The molecule has 0 spiro atoms. The summed E-state index contributed by atoms with van der Waals surface area (Å²) >= 11 is 0. The molecule has 6 nitrogen and oxygen atoms in total. The minimum absolute atomic E-state index is 0.260. The number of carbonyl (C=O) groups is 2. The maximum absolute atomic E-state index is 13.5. The average molecular weight is 414 g/mol. The Bertz CT molecular complexity index is 1110. The standard InChI is InChI=1S/C25H22N2O4/c1-16-8-10-17(11-9-16)22-21-23(31-27(22)19-6-4-3-5-7-19)25(29)26(24(21)28)18-12-14-20(30-2)15-13-18/h3-15,21-23H,1-2H3. The van der Waals surface area contributed by atoms with Crippen LogP contribution in [0.3, 0.4) is 0 Å². The minimum atomic E-state index is -0.874. The summed E-state index contributed by atoms with van der Waals surface area (Å²) in [7, 11) is 1.57. The van der Waals surface area contributed by atoms with Crippen molar-refractivity contribution in [3.8, 4) is 5.75 Å². The zero-order chi connectivity index (χ0) is 21.5. The number of rotatable bonds is 4. The molecule has 0 aliphatic carbocycles. The minimum Gasteiger partial charge on any atom is -0.497 e. The number of hydrogen-bond acceptors (Lipinski definition) is 5. The van der Waals surface area contributed by atoms with Crippen LogP contribution in [0.4, 0.5) is 11.4 Å². The molecule has 3 unspecified atom stereocenters. The van der Waals surface area contributed by atoms with Crippen molar-refractivity contribution in [1.82, 2.24) is 0 Å². The normalized spacial score (nSPS) is 22.7. The largest absolute Gasteiger partial charge is 0.497 e. The first kappa shape index (κ1) is 19.3. The van der Waals surface area contributed by atoms with E-state index >= 15 is 0 Å². The summed E-state index contributed by atoms with van der Waals surface area (Å²) in [5, 5.41) is 1.71. The summed E-state index contributed by atoms with van der Waals surface area (Å²) in [5.74, 6) is -0.593. The number of imide groups is 1. The summed E-state index contributed by atoms with van der Waals surface area (Å²) < 4.78 is 5.19. The van der Waals surface area contributed by atoms with E-state index < -0.39 is 18.1 Å². The molecule has 5 rings (SSSR count). The number of nitrogens with zero attached hydrogens (tertiary/aromatic N) is 2. The summed E-state index contributed by atoms with van der Waals surface area (Å²) in [6.45, 7) is 2.02. The molecule has 2 aliphatic rings. The highest BCUT2D eigenvalue weighted by Gasteiger charge is 2.60. The van der Waals surface area contributed by atoms with E-state index in [-0.39, 0.29) is 11.8 Å². The van der Waals surface area contributed by atoms with Gasteiger partial charge in [-0.25, -0.2) is 9.96 Å². The van der Waals surface area contributed by atoms with Crippen LogP contribution >= 0.6 is 0 Å². The third kappa shape index (κ3) is 3.16. The van der Waals surface area contributed by atoms with Crippen molar-refractivity contribution in [2.24, 2.45) is 5.92 Å². The van der Waals surface area contributed by atoms with Crippen LogP contribution in [0.1, 0.15) is 17.2 Å². The van der Waals surface area contributed by atoms with Crippen molar-refractivity contribution < 1.29 is 19.2 Å². The number of methoxy groups -OCH3 is 1. The fraction of sp³-hybridized carbons (Fsp3) is 0.200. The quantitative estimate of drug-likeness (QED) is 0.603. The summed E-state index contributed by atoms with van der Waals surface area (Å²) in [4.78, 5) is 34.2. The maximum Gasteiger partial charge on any atom is 0.266 e. The summed E-state index contributed by atoms with van der Waals surface area (Å²) in [5.41, 5.74) is 3.38. The Morgan fingerprint density at radius 2 is 1.48 bits per heavy atom. The van der Waals surface area contributed by atoms with Crippen molar-refractivity contribution >= 4 is 23.2 Å². The molecule has 3 atom stereocenters. The highest BCUT2D eigenvalue weighted by Crippen LogP contribution is 2.47. The average Bonchev–Trinajstić information content (AvgIpc) is 3.31. The number of carbonyl (C=O) groups excluding carboxylic acids is 2. The lowest BCUT2D eigenvalue weighted by molar-refractivity contribution is -0.126. The van der Waals surface area contributed by atoms with Crippen LogP contribution in [0.25, 0.3) is 0 Å². The first-order valence-corrected chi connectivity index (χ1v) is 10.2. The first-order valence-electron chi connectivity index (χ1n) is 10.2. The van der Waals surface area contributed by atoms with E-state index in [1.807, 2.05) is 61.5 Å². The van der Waals surface area contributed by atoms with Gasteiger partial charge in [0.2, 0.25) is 5.91 Å². The lowest BCUT2D eigenvalue weighted by atomic mass is 9.90. The molecule has 0 bridgehead atoms. The molecule has 6 heteroatoms. The van der Waals surface area contributed by atoms with Crippen LogP contribution in [0, 0.1) is 12.8 Å². The highest BCUT2D eigenvalue weighted by atomic mass is 16.7. The number of aryl methyl sites for hydroxylation is 1. The van der Waals surface area contributed by atoms with Gasteiger partial charge in [-0.3, -0.25) is 14.4 Å². The molecular formula is C25H22N2O4. The predicted octanol–water partition coefficient (Wildman–Crippen LogP) is 4.05. The molecule has 2 saturated heterocycles. The van der Waals surface area contributed by atoms with Crippen molar-refractivity contribution in [3.05, 3.63) is 90.0 Å². The molecular weight excluding hydrogens is 392 g/mol. The molecule has 0 saturated carbocycles. The highest BCUT2D eigenvalue weighted by molar-refractivity contribution is 6.23. The van der Waals surface area contributed by atoms with Gasteiger partial charge in [-0.2, -0.15) is 0 Å². The molecule has 3 aromatic carbocycles. The number of hydroxylamine groups is 1. The van der Waals surface area contributed by atoms with Crippen molar-refractivity contribution in [2.75, 3.05) is 17.1 Å². The molecule has 2 heterocycles. The molecule has 156 valence electrons. The molecule has 0 aromatic heterocycles. The molecule has 31 heavy (non-hydrogen) atoms. The van der Waals surface area contributed by atoms with Crippen molar-refractivity contribution in [3.63, 3.8) is 0 Å². The Labute approximate surface area is 180 Å². The van der Waals surface area contributed by atoms with E-state index in [1.165, 1.54) is 4.90 Å². The van der Waals surface area contributed by atoms with Gasteiger partial charge in [0.25, 0.3) is 5.91 Å². The Morgan fingerprint density at radius 3 is 2.13 bits per heavy atom. The topological polar surface area (TPSA) is 59.1 Å². The third-order valence-electron chi connectivity index (χ3n) is 5.88. The van der Waals surface area contributed by atoms with Crippen molar-refractivity contribution in [2.45, 2.75) is 19.1 Å². The Kier molecular flexibility index (Phi) is 4.71. The van der Waals surface area contributed by atoms with E-state index in [4.69, 9.17) is 9.57 Å². The zero-order valence-electron chi connectivity index (χ0n) is 17.3. The van der Waals surface area contributed by atoms with E-state index in [0.29, 0.717) is 11.4 Å². The molecule has 0 N–H and O–H groups in total. The van der Waals surface area contributed by atoms with E-state index in [1.54, 1.807) is 36.4 Å². The second kappa shape index (κ2) is 7.56. The second-order valence-electron chi connectivity index (χ2n) is 7.78. The van der Waals surface area contributed by atoms with Gasteiger partial charge in [-0.05, 0) is 48.9 Å². The molecule has 3 aromatic rings. The van der Waals surface area contributed by atoms with Crippen LogP contribution in [0.5, 0.6) is 5.75 Å². The Balaban J connectivity index is 1.56. The van der Waals surface area contributed by atoms with Gasteiger partial charge in [0.1, 0.15) is 11.7 Å². The van der Waals surface area contributed by atoms with Crippen LogP contribution in [-0.2, 0) is 14.4 Å². The lowest BCUT2D eigenvalue weighted by Crippen LogP contribution is -2.37. The number of para-hydroxylation sites is 1. The van der Waals surface area contributed by atoms with Crippen LogP contribution < -0.4 is 14.7 Å². The van der Waals surface area contributed by atoms with Crippen LogP contribution in [-0.4, -0.2) is 25.0 Å². The second-order valence-corrected chi connectivity index (χ2v) is 7.78. The number of benzene rings is 3.